The molecule has 0 aliphatic carbocycles. The lowest BCUT2D eigenvalue weighted by Gasteiger charge is -2.26. The van der Waals surface area contributed by atoms with Crippen LogP contribution in [0.25, 0.3) is 0 Å². The van der Waals surface area contributed by atoms with E-state index in [4.69, 9.17) is 0 Å². The smallest absolute Gasteiger partial charge is 0.238 e. The number of hydrogen-bond acceptors (Lipinski definition) is 3. The highest BCUT2D eigenvalue weighted by Gasteiger charge is 2.18. The maximum absolute atomic E-state index is 12.0. The molecule has 2 rings (SSSR count). The number of carbonyl (C=O) groups excluding carboxylic acids is 1. The molecule has 1 aromatic rings. The van der Waals surface area contributed by atoms with E-state index in [0.717, 1.165) is 25.2 Å². The van der Waals surface area contributed by atoms with E-state index < -0.39 is 0 Å². The fraction of sp³-hybridized carbons (Fsp3) is 0.533. The predicted octanol–water partition coefficient (Wildman–Crippen LogP) is 1.70. The Bertz CT molecular complexity index is 386. The first-order chi connectivity index (χ1) is 9.25. The first kappa shape index (κ1) is 14.0. The summed E-state index contributed by atoms with van der Waals surface area (Å²) in [6.07, 6.45) is 3.48. The van der Waals surface area contributed by atoms with E-state index in [0.29, 0.717) is 12.6 Å². The summed E-state index contributed by atoms with van der Waals surface area (Å²) in [4.78, 5) is 14.2. The summed E-state index contributed by atoms with van der Waals surface area (Å²) in [5, 5.41) is 6.33. The van der Waals surface area contributed by atoms with E-state index >= 15 is 0 Å². The zero-order valence-electron chi connectivity index (χ0n) is 11.6. The van der Waals surface area contributed by atoms with Gasteiger partial charge in [-0.1, -0.05) is 18.2 Å². The zero-order valence-corrected chi connectivity index (χ0v) is 11.6. The Balaban J connectivity index is 1.80. The molecule has 1 heterocycles. The van der Waals surface area contributed by atoms with Gasteiger partial charge in [0.15, 0.2) is 0 Å². The fourth-order valence-electron chi connectivity index (χ4n) is 2.52. The number of hydrogen-bond donors (Lipinski definition) is 2. The highest BCUT2D eigenvalue weighted by Crippen LogP contribution is 2.12. The van der Waals surface area contributed by atoms with Gasteiger partial charge in [0.1, 0.15) is 0 Å². The van der Waals surface area contributed by atoms with Crippen molar-refractivity contribution in [3.63, 3.8) is 0 Å². The van der Waals surface area contributed by atoms with Crippen molar-refractivity contribution < 1.29 is 4.79 Å². The van der Waals surface area contributed by atoms with E-state index in [1.807, 2.05) is 37.4 Å². The summed E-state index contributed by atoms with van der Waals surface area (Å²) in [5.41, 5.74) is 0.864. The third-order valence-corrected chi connectivity index (χ3v) is 3.62. The van der Waals surface area contributed by atoms with Gasteiger partial charge in [0, 0.05) is 11.7 Å². The molecule has 104 valence electrons. The van der Waals surface area contributed by atoms with E-state index in [1.54, 1.807) is 0 Å². The van der Waals surface area contributed by atoms with E-state index in [2.05, 4.69) is 15.5 Å². The minimum atomic E-state index is 0.0610. The molecule has 0 saturated carbocycles. The summed E-state index contributed by atoms with van der Waals surface area (Å²) in [5.74, 6) is 0.0610. The molecule has 0 aromatic heterocycles. The minimum absolute atomic E-state index is 0.0610. The maximum atomic E-state index is 12.0. The molecule has 1 unspecified atom stereocenters. The molecule has 0 radical (unpaired) electrons. The van der Waals surface area contributed by atoms with Crippen LogP contribution in [0.3, 0.4) is 0 Å². The Morgan fingerprint density at radius 2 is 2.11 bits per heavy atom. The van der Waals surface area contributed by atoms with E-state index in [9.17, 15) is 4.79 Å². The standard InChI is InChI=1S/C15H23N3O/c1-18(14-8-5-10-16-11-9-14)12-15(19)17-13-6-3-2-4-7-13/h2-4,6-7,14,16H,5,8-12H2,1H3,(H,17,19). The lowest BCUT2D eigenvalue weighted by molar-refractivity contribution is -0.117. The van der Waals surface area contributed by atoms with Crippen molar-refractivity contribution in [1.82, 2.24) is 10.2 Å². The number of nitrogens with one attached hydrogen (secondary N) is 2. The molecule has 4 heteroatoms. The summed E-state index contributed by atoms with van der Waals surface area (Å²) < 4.78 is 0. The van der Waals surface area contributed by atoms with Crippen molar-refractivity contribution >= 4 is 11.6 Å². The third-order valence-electron chi connectivity index (χ3n) is 3.62. The van der Waals surface area contributed by atoms with Gasteiger partial charge >= 0.3 is 0 Å². The van der Waals surface area contributed by atoms with Gasteiger partial charge in [0.2, 0.25) is 5.91 Å². The molecular weight excluding hydrogens is 238 g/mol. The number of carbonyl (C=O) groups is 1. The van der Waals surface area contributed by atoms with Crippen molar-refractivity contribution in [2.45, 2.75) is 25.3 Å². The Hall–Kier alpha value is -1.39. The van der Waals surface area contributed by atoms with Crippen LogP contribution in [-0.4, -0.2) is 43.5 Å². The highest BCUT2D eigenvalue weighted by molar-refractivity contribution is 5.92. The third kappa shape index (κ3) is 4.65. The van der Waals surface area contributed by atoms with Crippen LogP contribution in [0.4, 0.5) is 5.69 Å². The van der Waals surface area contributed by atoms with Gasteiger partial charge in [-0.15, -0.1) is 0 Å². The van der Waals surface area contributed by atoms with Crippen molar-refractivity contribution in [2.24, 2.45) is 0 Å². The molecule has 1 amide bonds. The molecule has 0 bridgehead atoms. The largest absolute Gasteiger partial charge is 0.325 e. The van der Waals surface area contributed by atoms with E-state index in [-0.39, 0.29) is 5.91 Å². The van der Waals surface area contributed by atoms with Crippen LogP contribution in [0.5, 0.6) is 0 Å². The molecule has 0 spiro atoms. The molecule has 1 aromatic carbocycles. The number of anilines is 1. The molecule has 1 saturated heterocycles. The number of benzene rings is 1. The Morgan fingerprint density at radius 1 is 1.32 bits per heavy atom. The molecule has 1 fully saturated rings. The molecule has 1 aliphatic rings. The molecule has 2 N–H and O–H groups in total. The second-order valence-electron chi connectivity index (χ2n) is 5.16. The number of rotatable bonds is 4. The lowest BCUT2D eigenvalue weighted by atomic mass is 10.1. The van der Waals surface area contributed by atoms with Crippen molar-refractivity contribution in [1.29, 1.82) is 0 Å². The fourth-order valence-corrected chi connectivity index (χ4v) is 2.52. The SMILES string of the molecule is CN(CC(=O)Nc1ccccc1)C1CCCNCC1. The maximum Gasteiger partial charge on any atom is 0.238 e. The Kier molecular flexibility index (Phi) is 5.36. The van der Waals surface area contributed by atoms with Crippen molar-refractivity contribution in [2.75, 3.05) is 32.0 Å². The van der Waals surface area contributed by atoms with Crippen LogP contribution in [0.15, 0.2) is 30.3 Å². The van der Waals surface area contributed by atoms with Crippen LogP contribution in [0.1, 0.15) is 19.3 Å². The molecule has 19 heavy (non-hydrogen) atoms. The highest BCUT2D eigenvalue weighted by atomic mass is 16.2. The molecular formula is C15H23N3O. The topological polar surface area (TPSA) is 44.4 Å². The van der Waals surface area contributed by atoms with Gasteiger partial charge in [0.05, 0.1) is 6.54 Å². The average Bonchev–Trinajstić information content (AvgIpc) is 2.68. The van der Waals surface area contributed by atoms with Gasteiger partial charge < -0.3 is 10.6 Å². The van der Waals surface area contributed by atoms with Crippen LogP contribution in [0, 0.1) is 0 Å². The second-order valence-corrected chi connectivity index (χ2v) is 5.16. The Labute approximate surface area is 115 Å². The van der Waals surface area contributed by atoms with Crippen LogP contribution >= 0.6 is 0 Å². The first-order valence-electron chi connectivity index (χ1n) is 7.01. The summed E-state index contributed by atoms with van der Waals surface area (Å²) in [7, 11) is 2.04. The van der Waals surface area contributed by atoms with Gasteiger partial charge in [-0.3, -0.25) is 9.69 Å². The molecule has 1 aliphatic heterocycles. The number of para-hydroxylation sites is 1. The van der Waals surface area contributed by atoms with Gasteiger partial charge in [0.25, 0.3) is 0 Å². The zero-order chi connectivity index (χ0) is 13.5. The van der Waals surface area contributed by atoms with Crippen LogP contribution < -0.4 is 10.6 Å². The molecule has 4 nitrogen and oxygen atoms in total. The monoisotopic (exact) mass is 261 g/mol. The van der Waals surface area contributed by atoms with Gasteiger partial charge in [-0.2, -0.15) is 0 Å². The van der Waals surface area contributed by atoms with E-state index in [1.165, 1.54) is 12.8 Å². The number of likely N-dealkylation sites (N-methyl/N-ethyl adjacent to an activating group) is 1. The van der Waals surface area contributed by atoms with Crippen LogP contribution in [0.2, 0.25) is 0 Å². The van der Waals surface area contributed by atoms with Crippen molar-refractivity contribution in [3.05, 3.63) is 30.3 Å². The Morgan fingerprint density at radius 3 is 2.89 bits per heavy atom. The lowest BCUT2D eigenvalue weighted by Crippen LogP contribution is -2.38. The normalized spacial score (nSPS) is 20.0. The van der Waals surface area contributed by atoms with Gasteiger partial charge in [-0.05, 0) is 51.5 Å². The average molecular weight is 261 g/mol. The summed E-state index contributed by atoms with van der Waals surface area (Å²) in [6, 6.07) is 10.1. The quantitative estimate of drug-likeness (QED) is 0.867. The predicted molar refractivity (Wildman–Crippen MR) is 78.2 cm³/mol. The van der Waals surface area contributed by atoms with Gasteiger partial charge in [-0.25, -0.2) is 0 Å². The summed E-state index contributed by atoms with van der Waals surface area (Å²) >= 11 is 0. The molecule has 1 atom stereocenters. The van der Waals surface area contributed by atoms with Crippen molar-refractivity contribution in [3.8, 4) is 0 Å². The number of nitrogens with zero attached hydrogens (tertiary/aromatic N) is 1. The second kappa shape index (κ2) is 7.26. The minimum Gasteiger partial charge on any atom is -0.325 e. The number of amides is 1. The van der Waals surface area contributed by atoms with Crippen LogP contribution in [-0.2, 0) is 4.79 Å². The first-order valence-corrected chi connectivity index (χ1v) is 7.01. The summed E-state index contributed by atoms with van der Waals surface area (Å²) in [6.45, 7) is 2.61.